The van der Waals surface area contributed by atoms with Gasteiger partial charge in [0, 0.05) is 16.4 Å². The first kappa shape index (κ1) is 17.7. The van der Waals surface area contributed by atoms with Crippen molar-refractivity contribution in [2.75, 3.05) is 5.32 Å². The van der Waals surface area contributed by atoms with Crippen LogP contribution in [0.25, 0.3) is 0 Å². The Balaban J connectivity index is 2.08. The number of benzene rings is 1. The number of nitrogens with one attached hydrogen (secondary N) is 1. The third-order valence-corrected chi connectivity index (χ3v) is 4.65. The van der Waals surface area contributed by atoms with Gasteiger partial charge in [-0.1, -0.05) is 23.4 Å². The lowest BCUT2D eigenvalue weighted by Crippen LogP contribution is -2.23. The molecule has 1 aromatic heterocycles. The van der Waals surface area contributed by atoms with Crippen LogP contribution in [0.15, 0.2) is 23.4 Å². The molecule has 2 aromatic rings. The number of thioether (sulfide) groups is 1. The average molecular weight is 354 g/mol. The summed E-state index contributed by atoms with van der Waals surface area (Å²) in [6.07, 6.45) is 0. The number of halogens is 2. The highest BCUT2D eigenvalue weighted by atomic mass is 35.5. The predicted molar refractivity (Wildman–Crippen MR) is 91.6 cm³/mol. The third-order valence-electron chi connectivity index (χ3n) is 3.45. The molecule has 0 fully saturated rings. The topological polar surface area (TPSA) is 54.9 Å². The number of hydrogen-bond donors (Lipinski definition) is 1. The SMILES string of the molecule is Cc1nc(S[C@@H](C)C(=O)Nc2ccc(Cl)cc2F)nc(C)c1C. The fourth-order valence-electron chi connectivity index (χ4n) is 1.83. The maximum Gasteiger partial charge on any atom is 0.237 e. The minimum absolute atomic E-state index is 0.101. The van der Waals surface area contributed by atoms with E-state index in [0.29, 0.717) is 5.16 Å². The van der Waals surface area contributed by atoms with Crippen molar-refractivity contribution in [1.29, 1.82) is 0 Å². The smallest absolute Gasteiger partial charge is 0.237 e. The number of carbonyl (C=O) groups excluding carboxylic acids is 1. The lowest BCUT2D eigenvalue weighted by Gasteiger charge is -2.13. The summed E-state index contributed by atoms with van der Waals surface area (Å²) >= 11 is 6.93. The van der Waals surface area contributed by atoms with E-state index in [1.165, 1.54) is 23.9 Å². The zero-order valence-electron chi connectivity index (χ0n) is 13.3. The van der Waals surface area contributed by atoms with Gasteiger partial charge >= 0.3 is 0 Å². The van der Waals surface area contributed by atoms with Gasteiger partial charge in [0.25, 0.3) is 0 Å². The molecular weight excluding hydrogens is 337 g/mol. The summed E-state index contributed by atoms with van der Waals surface area (Å²) in [7, 11) is 0. The number of rotatable bonds is 4. The molecule has 23 heavy (non-hydrogen) atoms. The fraction of sp³-hybridized carbons (Fsp3) is 0.312. The van der Waals surface area contributed by atoms with E-state index in [4.69, 9.17) is 11.6 Å². The number of anilines is 1. The van der Waals surface area contributed by atoms with E-state index < -0.39 is 11.1 Å². The van der Waals surface area contributed by atoms with Gasteiger partial charge in [-0.25, -0.2) is 14.4 Å². The fourth-order valence-corrected chi connectivity index (χ4v) is 2.85. The van der Waals surface area contributed by atoms with Crippen LogP contribution in [0, 0.1) is 26.6 Å². The minimum Gasteiger partial charge on any atom is -0.323 e. The summed E-state index contributed by atoms with van der Waals surface area (Å²) in [6, 6.07) is 4.11. The molecule has 0 spiro atoms. The molecule has 0 aliphatic heterocycles. The van der Waals surface area contributed by atoms with Crippen molar-refractivity contribution < 1.29 is 9.18 Å². The molecule has 0 saturated heterocycles. The maximum absolute atomic E-state index is 13.7. The molecule has 1 aromatic carbocycles. The standard InChI is InChI=1S/C16H17ClFN3OS/c1-8-9(2)19-16(20-10(8)3)23-11(4)15(22)21-14-6-5-12(17)7-13(14)18/h5-7,11H,1-4H3,(H,21,22)/t11-/m0/s1. The van der Waals surface area contributed by atoms with Gasteiger partial charge in [0.2, 0.25) is 5.91 Å². The van der Waals surface area contributed by atoms with Crippen LogP contribution in [0.2, 0.25) is 5.02 Å². The van der Waals surface area contributed by atoms with Crippen LogP contribution < -0.4 is 5.32 Å². The van der Waals surface area contributed by atoms with E-state index in [9.17, 15) is 9.18 Å². The summed E-state index contributed by atoms with van der Waals surface area (Å²) < 4.78 is 13.7. The highest BCUT2D eigenvalue weighted by molar-refractivity contribution is 8.00. The Morgan fingerprint density at radius 2 is 1.87 bits per heavy atom. The molecule has 2 rings (SSSR count). The van der Waals surface area contributed by atoms with Crippen molar-refractivity contribution in [3.8, 4) is 0 Å². The second-order valence-corrected chi connectivity index (χ2v) is 6.92. The lowest BCUT2D eigenvalue weighted by molar-refractivity contribution is -0.115. The molecule has 1 atom stereocenters. The van der Waals surface area contributed by atoms with Crippen LogP contribution in [0.4, 0.5) is 10.1 Å². The summed E-state index contributed by atoms with van der Waals surface area (Å²) in [4.78, 5) is 20.9. The Hall–Kier alpha value is -1.66. The highest BCUT2D eigenvalue weighted by Crippen LogP contribution is 2.24. The Morgan fingerprint density at radius 3 is 2.43 bits per heavy atom. The second-order valence-electron chi connectivity index (χ2n) is 5.18. The minimum atomic E-state index is -0.568. The van der Waals surface area contributed by atoms with Gasteiger partial charge < -0.3 is 5.32 Å². The zero-order valence-corrected chi connectivity index (χ0v) is 14.8. The first-order valence-electron chi connectivity index (χ1n) is 7.02. The summed E-state index contributed by atoms with van der Waals surface area (Å²) in [6.45, 7) is 7.49. The van der Waals surface area contributed by atoms with Gasteiger partial charge in [-0.2, -0.15) is 0 Å². The molecule has 0 aliphatic rings. The molecule has 4 nitrogen and oxygen atoms in total. The van der Waals surface area contributed by atoms with Gasteiger partial charge in [0.15, 0.2) is 5.16 Å². The first-order chi connectivity index (χ1) is 10.8. The molecule has 1 N–H and O–H groups in total. The van der Waals surface area contributed by atoms with Crippen molar-refractivity contribution >= 4 is 35.0 Å². The van der Waals surface area contributed by atoms with Gasteiger partial charge in [-0.3, -0.25) is 4.79 Å². The average Bonchev–Trinajstić information content (AvgIpc) is 2.47. The van der Waals surface area contributed by atoms with Crippen molar-refractivity contribution in [1.82, 2.24) is 9.97 Å². The first-order valence-corrected chi connectivity index (χ1v) is 8.28. The van der Waals surface area contributed by atoms with Crippen LogP contribution in [0.1, 0.15) is 23.9 Å². The molecule has 1 heterocycles. The molecule has 0 saturated carbocycles. The number of amides is 1. The molecule has 0 radical (unpaired) electrons. The van der Waals surface area contributed by atoms with Crippen molar-refractivity contribution in [3.05, 3.63) is 46.0 Å². The molecule has 7 heteroatoms. The maximum atomic E-state index is 13.7. The number of aryl methyl sites for hydroxylation is 2. The van der Waals surface area contributed by atoms with E-state index in [0.717, 1.165) is 23.0 Å². The lowest BCUT2D eigenvalue weighted by atomic mass is 10.2. The Kier molecular flexibility index (Phi) is 5.59. The molecule has 122 valence electrons. The van der Waals surface area contributed by atoms with Crippen LogP contribution >= 0.6 is 23.4 Å². The second kappa shape index (κ2) is 7.27. The van der Waals surface area contributed by atoms with E-state index in [2.05, 4.69) is 15.3 Å². The Labute approximate surface area is 143 Å². The zero-order chi connectivity index (χ0) is 17.1. The van der Waals surface area contributed by atoms with Crippen LogP contribution in [0.5, 0.6) is 0 Å². The van der Waals surface area contributed by atoms with E-state index >= 15 is 0 Å². The van der Waals surface area contributed by atoms with Crippen LogP contribution in [-0.2, 0) is 4.79 Å². The number of aromatic nitrogens is 2. The van der Waals surface area contributed by atoms with Gasteiger partial charge in [-0.15, -0.1) is 0 Å². The molecule has 1 amide bonds. The van der Waals surface area contributed by atoms with Crippen LogP contribution in [-0.4, -0.2) is 21.1 Å². The van der Waals surface area contributed by atoms with Gasteiger partial charge in [-0.05, 0) is 51.5 Å². The summed E-state index contributed by atoms with van der Waals surface area (Å²) in [5, 5.41) is 2.89. The Bertz CT molecular complexity index is 731. The number of carbonyl (C=O) groups is 1. The number of nitrogens with zero attached hydrogens (tertiary/aromatic N) is 2. The van der Waals surface area contributed by atoms with Crippen molar-refractivity contribution in [2.24, 2.45) is 0 Å². The van der Waals surface area contributed by atoms with E-state index in [1.54, 1.807) is 6.92 Å². The molecule has 0 aliphatic carbocycles. The van der Waals surface area contributed by atoms with Crippen molar-refractivity contribution in [2.45, 2.75) is 38.1 Å². The predicted octanol–water partition coefficient (Wildman–Crippen LogP) is 4.31. The van der Waals surface area contributed by atoms with Crippen molar-refractivity contribution in [3.63, 3.8) is 0 Å². The van der Waals surface area contributed by atoms with E-state index in [-0.39, 0.29) is 16.6 Å². The molecule has 0 bridgehead atoms. The molecular formula is C16H17ClFN3OS. The van der Waals surface area contributed by atoms with Gasteiger partial charge in [0.1, 0.15) is 5.82 Å². The highest BCUT2D eigenvalue weighted by Gasteiger charge is 2.18. The normalized spacial score (nSPS) is 12.1. The third kappa shape index (κ3) is 4.42. The Morgan fingerprint density at radius 1 is 1.26 bits per heavy atom. The molecule has 0 unspecified atom stereocenters. The monoisotopic (exact) mass is 353 g/mol. The summed E-state index contributed by atoms with van der Waals surface area (Å²) in [5.74, 6) is -0.892. The largest absolute Gasteiger partial charge is 0.323 e. The van der Waals surface area contributed by atoms with E-state index in [1.807, 2.05) is 20.8 Å². The number of hydrogen-bond acceptors (Lipinski definition) is 4. The van der Waals surface area contributed by atoms with Gasteiger partial charge in [0.05, 0.1) is 10.9 Å². The van der Waals surface area contributed by atoms with Crippen LogP contribution in [0.3, 0.4) is 0 Å². The quantitative estimate of drug-likeness (QED) is 0.657. The summed E-state index contributed by atoms with van der Waals surface area (Å²) in [5.41, 5.74) is 2.91.